The molecule has 6 heteroatoms. The molecule has 0 radical (unpaired) electrons. The lowest BCUT2D eigenvalue weighted by molar-refractivity contribution is 0.503. The first-order chi connectivity index (χ1) is 9.72. The van der Waals surface area contributed by atoms with E-state index in [1.807, 2.05) is 12.1 Å². The van der Waals surface area contributed by atoms with Crippen LogP contribution in [0.25, 0.3) is 0 Å². The van der Waals surface area contributed by atoms with E-state index in [1.54, 1.807) is 0 Å². The van der Waals surface area contributed by atoms with E-state index < -0.39 is 0 Å². The zero-order chi connectivity index (χ0) is 13.9. The molecule has 1 unspecified atom stereocenters. The molecule has 104 valence electrons. The lowest BCUT2D eigenvalue weighted by Gasteiger charge is -2.32. The van der Waals surface area contributed by atoms with Gasteiger partial charge in [0, 0.05) is 24.0 Å². The van der Waals surface area contributed by atoms with Crippen molar-refractivity contribution >= 4 is 29.2 Å². The topological polar surface area (TPSA) is 41.9 Å². The molecular formula is C14H14Cl2N4. The Morgan fingerprint density at radius 2 is 1.90 bits per heavy atom. The van der Waals surface area contributed by atoms with Gasteiger partial charge in [-0.05, 0) is 42.1 Å². The molecule has 1 atom stereocenters. The van der Waals surface area contributed by atoms with Gasteiger partial charge in [-0.25, -0.2) is 9.97 Å². The fraction of sp³-hybridized carbons (Fsp3) is 0.357. The van der Waals surface area contributed by atoms with E-state index in [0.717, 1.165) is 31.0 Å². The Labute approximate surface area is 127 Å². The van der Waals surface area contributed by atoms with Crippen LogP contribution in [0, 0.1) is 0 Å². The van der Waals surface area contributed by atoms with Gasteiger partial charge in [0.1, 0.15) is 6.33 Å². The van der Waals surface area contributed by atoms with Crippen molar-refractivity contribution in [3.05, 3.63) is 46.5 Å². The Hall–Kier alpha value is -1.39. The molecule has 1 aromatic carbocycles. The van der Waals surface area contributed by atoms with Gasteiger partial charge >= 0.3 is 0 Å². The van der Waals surface area contributed by atoms with E-state index in [0.29, 0.717) is 11.9 Å². The van der Waals surface area contributed by atoms with Gasteiger partial charge in [-0.1, -0.05) is 23.7 Å². The third kappa shape index (κ3) is 3.02. The van der Waals surface area contributed by atoms with Crippen LogP contribution in [0.15, 0.2) is 30.6 Å². The maximum atomic E-state index is 5.94. The van der Waals surface area contributed by atoms with Crippen LogP contribution in [0.5, 0.6) is 0 Å². The summed E-state index contributed by atoms with van der Waals surface area (Å²) in [5.41, 5.74) is 1.30. The van der Waals surface area contributed by atoms with E-state index in [1.165, 1.54) is 11.9 Å². The fourth-order valence-corrected chi connectivity index (χ4v) is 2.83. The zero-order valence-corrected chi connectivity index (χ0v) is 12.3. The van der Waals surface area contributed by atoms with Crippen molar-refractivity contribution in [2.45, 2.75) is 18.8 Å². The third-order valence-electron chi connectivity index (χ3n) is 3.58. The lowest BCUT2D eigenvalue weighted by Crippen LogP contribution is -2.35. The molecule has 2 aromatic rings. The number of rotatable bonds is 2. The summed E-state index contributed by atoms with van der Waals surface area (Å²) in [7, 11) is 0. The molecule has 2 heterocycles. The number of aromatic nitrogens is 3. The Bertz CT molecular complexity index is 588. The normalized spacial score (nSPS) is 19.1. The monoisotopic (exact) mass is 308 g/mol. The SMILES string of the molecule is Clc1ccc(C2CCCN(c3ncnc(Cl)n3)C2)cc1. The van der Waals surface area contributed by atoms with Gasteiger partial charge < -0.3 is 4.90 Å². The fourth-order valence-electron chi connectivity index (χ4n) is 2.59. The predicted octanol–water partition coefficient (Wildman–Crippen LogP) is 3.56. The molecule has 20 heavy (non-hydrogen) atoms. The number of piperidine rings is 1. The molecule has 1 fully saturated rings. The van der Waals surface area contributed by atoms with Crippen LogP contribution in [0.3, 0.4) is 0 Å². The van der Waals surface area contributed by atoms with Crippen molar-refractivity contribution < 1.29 is 0 Å². The summed E-state index contributed by atoms with van der Waals surface area (Å²) in [5, 5.41) is 1.01. The van der Waals surface area contributed by atoms with E-state index in [4.69, 9.17) is 23.2 Å². The van der Waals surface area contributed by atoms with Gasteiger partial charge in [-0.15, -0.1) is 0 Å². The van der Waals surface area contributed by atoms with Crippen molar-refractivity contribution in [2.24, 2.45) is 0 Å². The second kappa shape index (κ2) is 5.94. The molecule has 0 aliphatic carbocycles. The van der Waals surface area contributed by atoms with Gasteiger partial charge in [-0.2, -0.15) is 4.98 Å². The minimum atomic E-state index is 0.239. The van der Waals surface area contributed by atoms with Crippen molar-refractivity contribution in [1.29, 1.82) is 0 Å². The molecule has 0 amide bonds. The van der Waals surface area contributed by atoms with Gasteiger partial charge in [0.25, 0.3) is 0 Å². The highest BCUT2D eigenvalue weighted by atomic mass is 35.5. The van der Waals surface area contributed by atoms with E-state index >= 15 is 0 Å². The number of halogens is 2. The predicted molar refractivity (Wildman–Crippen MR) is 80.5 cm³/mol. The average Bonchev–Trinajstić information content (AvgIpc) is 2.48. The number of hydrogen-bond acceptors (Lipinski definition) is 4. The van der Waals surface area contributed by atoms with E-state index in [9.17, 15) is 0 Å². The van der Waals surface area contributed by atoms with Crippen molar-refractivity contribution in [3.8, 4) is 0 Å². The highest BCUT2D eigenvalue weighted by Crippen LogP contribution is 2.29. The minimum Gasteiger partial charge on any atom is -0.340 e. The first-order valence-electron chi connectivity index (χ1n) is 6.57. The van der Waals surface area contributed by atoms with E-state index in [2.05, 4.69) is 32.0 Å². The Morgan fingerprint density at radius 3 is 2.65 bits per heavy atom. The molecule has 1 aromatic heterocycles. The van der Waals surface area contributed by atoms with Gasteiger partial charge in [0.15, 0.2) is 0 Å². The van der Waals surface area contributed by atoms with Crippen LogP contribution in [0.2, 0.25) is 10.3 Å². The summed E-state index contributed by atoms with van der Waals surface area (Å²) in [4.78, 5) is 14.4. The first kappa shape index (κ1) is 13.6. The molecule has 0 bridgehead atoms. The average molecular weight is 309 g/mol. The highest BCUT2D eigenvalue weighted by Gasteiger charge is 2.23. The molecule has 1 aliphatic rings. The molecule has 0 saturated carbocycles. The maximum absolute atomic E-state index is 5.94. The third-order valence-corrected chi connectivity index (χ3v) is 4.01. The summed E-state index contributed by atoms with van der Waals surface area (Å²) in [5.74, 6) is 1.13. The van der Waals surface area contributed by atoms with Crippen LogP contribution in [-0.2, 0) is 0 Å². The molecule has 0 N–H and O–H groups in total. The van der Waals surface area contributed by atoms with Gasteiger partial charge in [-0.3, -0.25) is 0 Å². The second-order valence-electron chi connectivity index (χ2n) is 4.89. The molecule has 1 saturated heterocycles. The van der Waals surface area contributed by atoms with Crippen molar-refractivity contribution in [1.82, 2.24) is 15.0 Å². The van der Waals surface area contributed by atoms with Crippen molar-refractivity contribution in [3.63, 3.8) is 0 Å². The second-order valence-corrected chi connectivity index (χ2v) is 5.67. The summed E-state index contributed by atoms with van der Waals surface area (Å²) < 4.78 is 0. The number of anilines is 1. The highest BCUT2D eigenvalue weighted by molar-refractivity contribution is 6.30. The van der Waals surface area contributed by atoms with Crippen LogP contribution >= 0.6 is 23.2 Å². The van der Waals surface area contributed by atoms with Crippen LogP contribution in [0.4, 0.5) is 5.95 Å². The number of nitrogens with zero attached hydrogens (tertiary/aromatic N) is 4. The summed E-state index contributed by atoms with van der Waals surface area (Å²) in [6, 6.07) is 8.07. The van der Waals surface area contributed by atoms with Crippen LogP contribution in [0.1, 0.15) is 24.3 Å². The molecule has 3 rings (SSSR count). The Morgan fingerprint density at radius 1 is 1.10 bits per heavy atom. The summed E-state index contributed by atoms with van der Waals surface area (Å²) >= 11 is 11.8. The van der Waals surface area contributed by atoms with Gasteiger partial charge in [0.05, 0.1) is 0 Å². The first-order valence-corrected chi connectivity index (χ1v) is 7.33. The minimum absolute atomic E-state index is 0.239. The summed E-state index contributed by atoms with van der Waals surface area (Å²) in [6.45, 7) is 1.84. The number of benzene rings is 1. The largest absolute Gasteiger partial charge is 0.340 e. The van der Waals surface area contributed by atoms with Gasteiger partial charge in [0.2, 0.25) is 11.2 Å². The molecule has 4 nitrogen and oxygen atoms in total. The lowest BCUT2D eigenvalue weighted by atomic mass is 9.91. The Balaban J connectivity index is 1.78. The quantitative estimate of drug-likeness (QED) is 0.850. The smallest absolute Gasteiger partial charge is 0.229 e. The van der Waals surface area contributed by atoms with E-state index in [-0.39, 0.29) is 5.28 Å². The molecule has 1 aliphatic heterocycles. The van der Waals surface area contributed by atoms with Crippen molar-refractivity contribution in [2.75, 3.05) is 18.0 Å². The molecular weight excluding hydrogens is 295 g/mol. The Kier molecular flexibility index (Phi) is 4.03. The standard InChI is InChI=1S/C14H14Cl2N4/c15-12-5-3-10(4-6-12)11-2-1-7-20(8-11)14-18-9-17-13(16)19-14/h3-6,9,11H,1-2,7-8H2. The van der Waals surface area contributed by atoms with Crippen LogP contribution < -0.4 is 4.90 Å². The molecule has 0 spiro atoms. The maximum Gasteiger partial charge on any atom is 0.229 e. The van der Waals surface area contributed by atoms with Crippen LogP contribution in [-0.4, -0.2) is 28.0 Å². The number of hydrogen-bond donors (Lipinski definition) is 0. The zero-order valence-electron chi connectivity index (χ0n) is 10.8. The summed E-state index contributed by atoms with van der Waals surface area (Å²) in [6.07, 6.45) is 3.73.